The van der Waals surface area contributed by atoms with E-state index in [1.165, 1.54) is 0 Å². The third-order valence-electron chi connectivity index (χ3n) is 4.02. The van der Waals surface area contributed by atoms with Gasteiger partial charge in [-0.05, 0) is 23.1 Å². The minimum Gasteiger partial charge on any atom is -0.445 e. The summed E-state index contributed by atoms with van der Waals surface area (Å²) in [5.41, 5.74) is 3.00. The minimum atomic E-state index is -0.635. The molecule has 2 amide bonds. The number of hydrogen-bond acceptors (Lipinski definition) is 3. The van der Waals surface area contributed by atoms with Crippen LogP contribution in [-0.4, -0.2) is 24.6 Å². The Morgan fingerprint density at radius 1 is 1.08 bits per heavy atom. The van der Waals surface area contributed by atoms with E-state index < -0.39 is 12.1 Å². The second-order valence-corrected chi connectivity index (χ2v) is 5.81. The summed E-state index contributed by atoms with van der Waals surface area (Å²) in [5, 5.41) is 5.48. The topological polar surface area (TPSA) is 67.4 Å². The Morgan fingerprint density at radius 2 is 1.76 bits per heavy atom. The van der Waals surface area contributed by atoms with Crippen LogP contribution in [0.3, 0.4) is 0 Å². The number of ether oxygens (including phenoxy) is 1. The molecule has 3 rings (SSSR count). The summed E-state index contributed by atoms with van der Waals surface area (Å²) in [5.74, 6) is -0.209. The van der Waals surface area contributed by atoms with Gasteiger partial charge in [-0.25, -0.2) is 4.79 Å². The Labute approximate surface area is 146 Å². The average Bonchev–Trinajstić information content (AvgIpc) is 2.84. The van der Waals surface area contributed by atoms with Gasteiger partial charge in [0, 0.05) is 6.54 Å². The lowest BCUT2D eigenvalue weighted by molar-refractivity contribution is -0.122. The first kappa shape index (κ1) is 16.8. The third kappa shape index (κ3) is 4.70. The van der Waals surface area contributed by atoms with E-state index in [4.69, 9.17) is 4.74 Å². The molecule has 2 N–H and O–H groups in total. The van der Waals surface area contributed by atoms with Crippen molar-refractivity contribution in [3.8, 4) is 0 Å². The summed E-state index contributed by atoms with van der Waals surface area (Å²) in [6.45, 7) is 0.617. The summed E-state index contributed by atoms with van der Waals surface area (Å²) in [7, 11) is 0. The summed E-state index contributed by atoms with van der Waals surface area (Å²) < 4.78 is 5.18. The van der Waals surface area contributed by atoms with Crippen LogP contribution < -0.4 is 10.6 Å². The molecule has 0 saturated heterocycles. The van der Waals surface area contributed by atoms with Crippen molar-refractivity contribution in [1.29, 1.82) is 0 Å². The lowest BCUT2D eigenvalue weighted by Crippen LogP contribution is -2.45. The van der Waals surface area contributed by atoms with Crippen LogP contribution in [0.1, 0.15) is 17.5 Å². The van der Waals surface area contributed by atoms with Gasteiger partial charge in [-0.15, -0.1) is 0 Å². The Hall–Kier alpha value is -3.08. The zero-order chi connectivity index (χ0) is 17.5. The van der Waals surface area contributed by atoms with Crippen molar-refractivity contribution >= 4 is 17.6 Å². The molecule has 25 heavy (non-hydrogen) atoms. The van der Waals surface area contributed by atoms with Crippen LogP contribution in [0.15, 0.2) is 66.7 Å². The van der Waals surface area contributed by atoms with Gasteiger partial charge in [-0.2, -0.15) is 0 Å². The molecule has 2 aromatic carbocycles. The first-order chi connectivity index (χ1) is 12.2. The van der Waals surface area contributed by atoms with E-state index in [2.05, 4.69) is 10.6 Å². The Balaban J connectivity index is 1.57. The smallest absolute Gasteiger partial charge is 0.408 e. The van der Waals surface area contributed by atoms with Gasteiger partial charge in [0.15, 0.2) is 0 Å². The molecule has 0 spiro atoms. The van der Waals surface area contributed by atoms with Crippen LogP contribution in [0, 0.1) is 0 Å². The molecule has 0 bridgehead atoms. The van der Waals surface area contributed by atoms with E-state index in [0.29, 0.717) is 13.0 Å². The van der Waals surface area contributed by atoms with Gasteiger partial charge >= 0.3 is 6.09 Å². The van der Waals surface area contributed by atoms with Gasteiger partial charge < -0.3 is 15.4 Å². The predicted molar refractivity (Wildman–Crippen MR) is 95.6 cm³/mol. The standard InChI is InChI=1S/C20H20N2O3/c23-19-18(22-20(24)25-14-15-7-3-1-4-8-15)12-11-17(13-21-19)16-9-5-2-6-10-16/h1-11,18H,12-14H2,(H,21,23)(H,22,24)/t18-/m1/s1. The van der Waals surface area contributed by atoms with Crippen molar-refractivity contribution in [2.24, 2.45) is 0 Å². The van der Waals surface area contributed by atoms with Crippen molar-refractivity contribution in [3.63, 3.8) is 0 Å². The van der Waals surface area contributed by atoms with Gasteiger partial charge in [0.2, 0.25) is 5.91 Å². The zero-order valence-corrected chi connectivity index (χ0v) is 13.8. The highest BCUT2D eigenvalue weighted by atomic mass is 16.5. The number of rotatable bonds is 4. The van der Waals surface area contributed by atoms with Gasteiger partial charge in [-0.1, -0.05) is 66.7 Å². The van der Waals surface area contributed by atoms with Crippen molar-refractivity contribution in [3.05, 3.63) is 77.9 Å². The number of alkyl carbamates (subject to hydrolysis) is 1. The summed E-state index contributed by atoms with van der Waals surface area (Å²) in [6.07, 6.45) is 1.81. The predicted octanol–water partition coefficient (Wildman–Crippen LogP) is 2.88. The highest BCUT2D eigenvalue weighted by Gasteiger charge is 2.23. The number of hydrogen-bond donors (Lipinski definition) is 2. The first-order valence-corrected chi connectivity index (χ1v) is 8.22. The second-order valence-electron chi connectivity index (χ2n) is 5.81. The SMILES string of the molecule is O=C(N[C@@H]1CC=C(c2ccccc2)CNC1=O)OCc1ccccc1. The van der Waals surface area contributed by atoms with E-state index in [1.807, 2.05) is 66.7 Å². The molecular formula is C20H20N2O3. The van der Waals surface area contributed by atoms with Crippen molar-refractivity contribution in [2.75, 3.05) is 6.54 Å². The first-order valence-electron chi connectivity index (χ1n) is 8.22. The largest absolute Gasteiger partial charge is 0.445 e. The maximum absolute atomic E-state index is 12.2. The molecule has 2 aromatic rings. The molecule has 128 valence electrons. The fourth-order valence-corrected chi connectivity index (χ4v) is 2.65. The maximum atomic E-state index is 12.2. The Kier molecular flexibility index (Phi) is 5.46. The van der Waals surface area contributed by atoms with Crippen LogP contribution >= 0.6 is 0 Å². The van der Waals surface area contributed by atoms with Crippen molar-refractivity contribution in [1.82, 2.24) is 10.6 Å². The second kappa shape index (κ2) is 8.15. The van der Waals surface area contributed by atoms with Crippen molar-refractivity contribution < 1.29 is 14.3 Å². The molecule has 0 aromatic heterocycles. The van der Waals surface area contributed by atoms with Crippen molar-refractivity contribution in [2.45, 2.75) is 19.1 Å². The Bertz CT molecular complexity index is 757. The van der Waals surface area contributed by atoms with Crippen LogP contribution in [0.2, 0.25) is 0 Å². The lowest BCUT2D eigenvalue weighted by Gasteiger charge is -2.14. The van der Waals surface area contributed by atoms with E-state index in [9.17, 15) is 9.59 Å². The maximum Gasteiger partial charge on any atom is 0.408 e. The van der Waals surface area contributed by atoms with Gasteiger partial charge in [0.05, 0.1) is 0 Å². The molecule has 1 aliphatic heterocycles. The zero-order valence-electron chi connectivity index (χ0n) is 13.8. The number of benzene rings is 2. The highest BCUT2D eigenvalue weighted by Crippen LogP contribution is 2.17. The lowest BCUT2D eigenvalue weighted by atomic mass is 10.0. The van der Waals surface area contributed by atoms with Gasteiger partial charge in [0.25, 0.3) is 0 Å². The number of amides is 2. The van der Waals surface area contributed by atoms with Crippen LogP contribution in [0.5, 0.6) is 0 Å². The highest BCUT2D eigenvalue weighted by molar-refractivity contribution is 5.88. The van der Waals surface area contributed by atoms with E-state index in [-0.39, 0.29) is 12.5 Å². The summed E-state index contributed by atoms with van der Waals surface area (Å²) in [6, 6.07) is 18.6. The molecule has 1 heterocycles. The molecule has 5 heteroatoms. The van der Waals surface area contributed by atoms with Crippen LogP contribution in [0.25, 0.3) is 5.57 Å². The fourth-order valence-electron chi connectivity index (χ4n) is 2.65. The molecule has 0 saturated carbocycles. The molecule has 0 aliphatic carbocycles. The molecule has 1 atom stereocenters. The molecule has 5 nitrogen and oxygen atoms in total. The summed E-state index contributed by atoms with van der Waals surface area (Å²) >= 11 is 0. The number of carbonyl (C=O) groups excluding carboxylic acids is 2. The molecule has 1 aliphatic rings. The van der Waals surface area contributed by atoms with Gasteiger partial charge in [-0.3, -0.25) is 4.79 Å². The van der Waals surface area contributed by atoms with E-state index in [0.717, 1.165) is 16.7 Å². The molecule has 0 fully saturated rings. The number of nitrogens with one attached hydrogen (secondary N) is 2. The quantitative estimate of drug-likeness (QED) is 0.902. The normalized spacial score (nSPS) is 17.0. The Morgan fingerprint density at radius 3 is 2.48 bits per heavy atom. The number of carbonyl (C=O) groups is 2. The van der Waals surface area contributed by atoms with E-state index >= 15 is 0 Å². The third-order valence-corrected chi connectivity index (χ3v) is 4.02. The van der Waals surface area contributed by atoms with Crippen LogP contribution in [-0.2, 0) is 16.1 Å². The fraction of sp³-hybridized carbons (Fsp3) is 0.200. The van der Waals surface area contributed by atoms with Gasteiger partial charge in [0.1, 0.15) is 12.6 Å². The minimum absolute atomic E-state index is 0.173. The molecule has 0 radical (unpaired) electrons. The molecular weight excluding hydrogens is 316 g/mol. The van der Waals surface area contributed by atoms with Crippen LogP contribution in [0.4, 0.5) is 4.79 Å². The average molecular weight is 336 g/mol. The van der Waals surface area contributed by atoms with E-state index in [1.54, 1.807) is 0 Å². The summed E-state index contributed by atoms with van der Waals surface area (Å²) in [4.78, 5) is 24.1. The monoisotopic (exact) mass is 336 g/mol. The molecule has 0 unspecified atom stereocenters.